The average molecular weight is 1010 g/mol. The van der Waals surface area contributed by atoms with Crippen molar-refractivity contribution in [3.63, 3.8) is 0 Å². The summed E-state index contributed by atoms with van der Waals surface area (Å²) in [5, 5.41) is 7.05. The van der Waals surface area contributed by atoms with Crippen LogP contribution in [0.1, 0.15) is 22.3 Å². The molecule has 0 aliphatic carbocycles. The summed E-state index contributed by atoms with van der Waals surface area (Å²) in [7, 11) is -1.06. The van der Waals surface area contributed by atoms with Crippen LogP contribution in [0.4, 0.5) is 0 Å². The van der Waals surface area contributed by atoms with Crippen molar-refractivity contribution in [2.45, 2.75) is 15.2 Å². The van der Waals surface area contributed by atoms with Gasteiger partial charge in [0.25, 0.3) is 0 Å². The third kappa shape index (κ3) is 6.53. The minimum absolute atomic E-state index is 0. The Labute approximate surface area is 420 Å². The van der Waals surface area contributed by atoms with Gasteiger partial charge >= 0.3 is 20.4 Å². The number of fused-ring (bicyclic) bond motifs is 7. The number of aromatic nitrogens is 4. The fourth-order valence-corrected chi connectivity index (χ4v) is 16.9. The molecule has 9 aromatic carbocycles. The molecule has 3 aromatic heterocycles. The second-order valence-electron chi connectivity index (χ2n) is 17.5. The van der Waals surface area contributed by atoms with Gasteiger partial charge in [-0.2, -0.15) is 23.4 Å². The quantitative estimate of drug-likeness (QED) is 0.0864. The molecule has 7 heteroatoms. The molecular weight excluding hydrogens is 967 g/mol. The zero-order valence-corrected chi connectivity index (χ0v) is 40.9. The van der Waals surface area contributed by atoms with Crippen molar-refractivity contribution >= 4 is 73.6 Å². The van der Waals surface area contributed by atoms with Gasteiger partial charge in [0.1, 0.15) is 13.7 Å². The van der Waals surface area contributed by atoms with Crippen LogP contribution in [0.2, 0.25) is 0 Å². The minimum atomic E-state index is -3.16. The Bertz CT molecular complexity index is 3770. The normalized spacial score (nSPS) is 12.9. The molecule has 1 aliphatic rings. The van der Waals surface area contributed by atoms with Gasteiger partial charge in [0, 0.05) is 33.8 Å². The molecule has 0 saturated heterocycles. The molecule has 0 atom stereocenters. The van der Waals surface area contributed by atoms with Crippen molar-refractivity contribution < 1.29 is 20.4 Å². The van der Waals surface area contributed by atoms with Crippen LogP contribution in [-0.4, -0.2) is 27.2 Å². The number of nitrogens with zero attached hydrogens (tertiary/aromatic N) is 4. The molecule has 69 heavy (non-hydrogen) atoms. The SMILES string of the molecule is Cn1c(-c2[c-]c([Si](c3[c-]c(-n4c5ccccc5c5c6c(cnc54)Sc4ccccc4C6(c4ccccc4)c4ccccc4)ccc3)(c3ccccc3)c3ccccc3)ccc2)nc2ccccc21.[Pd+2]. The van der Waals surface area contributed by atoms with Gasteiger partial charge in [0.15, 0.2) is 0 Å². The van der Waals surface area contributed by atoms with E-state index in [0.717, 1.165) is 65.3 Å². The predicted molar refractivity (Wildman–Crippen MR) is 282 cm³/mol. The molecule has 0 saturated carbocycles. The van der Waals surface area contributed by atoms with Gasteiger partial charge in [-0.25, -0.2) is 4.98 Å². The standard InChI is InChI=1S/C62H42N4SSi.Pd/c1-65-55-38-18-16-36-53(55)64-60(65)43-22-20-32-49(40-43)68(47-28-10-4-11-29-47,48-30-12-5-13-31-48)50-33-21-27-46(41-50)66-54-37-17-14-34-51(54)58-59-57(42-63-61(58)66)67-56-39-19-15-35-52(56)62(59,44-23-6-2-7-24-44)45-25-8-3-9-26-45;/h2-39,42H,1H3;/q-2;+2. The Morgan fingerprint density at radius 2 is 1.09 bits per heavy atom. The smallest absolute Gasteiger partial charge is 0.367 e. The first-order chi connectivity index (χ1) is 33.7. The molecule has 0 unspecified atom stereocenters. The van der Waals surface area contributed by atoms with Gasteiger partial charge in [-0.1, -0.05) is 187 Å². The third-order valence-corrected chi connectivity index (χ3v) is 19.7. The van der Waals surface area contributed by atoms with E-state index in [1.807, 2.05) is 17.8 Å². The molecule has 13 rings (SSSR count). The third-order valence-electron chi connectivity index (χ3n) is 14.0. The fourth-order valence-electron chi connectivity index (χ4n) is 11.2. The Morgan fingerprint density at radius 1 is 0.522 bits per heavy atom. The van der Waals surface area contributed by atoms with Gasteiger partial charge < -0.3 is 9.13 Å². The maximum atomic E-state index is 5.49. The van der Waals surface area contributed by atoms with Crippen molar-refractivity contribution in [2.75, 3.05) is 0 Å². The van der Waals surface area contributed by atoms with Crippen molar-refractivity contribution in [1.82, 2.24) is 19.1 Å². The largest absolute Gasteiger partial charge is 2.00 e. The maximum Gasteiger partial charge on any atom is 2.00 e. The molecule has 330 valence electrons. The number of hydrogen-bond acceptors (Lipinski definition) is 3. The zero-order valence-electron chi connectivity index (χ0n) is 37.5. The first-order valence-corrected chi connectivity index (χ1v) is 25.9. The first kappa shape index (κ1) is 42.9. The van der Waals surface area contributed by atoms with Crippen LogP contribution in [0.15, 0.2) is 247 Å². The summed E-state index contributed by atoms with van der Waals surface area (Å²) in [6.07, 6.45) is 2.12. The van der Waals surface area contributed by atoms with E-state index in [2.05, 4.69) is 259 Å². The Hall–Kier alpha value is -7.37. The van der Waals surface area contributed by atoms with Crippen molar-refractivity contribution in [2.24, 2.45) is 7.05 Å². The van der Waals surface area contributed by atoms with Crippen molar-refractivity contribution in [3.8, 4) is 17.1 Å². The number of pyridine rings is 1. The van der Waals surface area contributed by atoms with Crippen LogP contribution in [0, 0.1) is 12.1 Å². The Kier molecular flexibility index (Phi) is 10.8. The fraction of sp³-hybridized carbons (Fsp3) is 0.0323. The number of rotatable bonds is 8. The summed E-state index contributed by atoms with van der Waals surface area (Å²) in [4.78, 5) is 13.0. The van der Waals surface area contributed by atoms with E-state index in [-0.39, 0.29) is 20.4 Å². The predicted octanol–water partition coefficient (Wildman–Crippen LogP) is 11.6. The molecular formula is C62H42N4PdSSi. The molecule has 0 fully saturated rings. The van der Waals surface area contributed by atoms with Crippen LogP contribution in [0.3, 0.4) is 0 Å². The second-order valence-corrected chi connectivity index (χ2v) is 22.3. The van der Waals surface area contributed by atoms with Gasteiger partial charge in [0.05, 0.1) is 27.8 Å². The summed E-state index contributed by atoms with van der Waals surface area (Å²) in [5.74, 6) is 0.886. The summed E-state index contributed by atoms with van der Waals surface area (Å²) in [6.45, 7) is 0. The second kappa shape index (κ2) is 17.3. The summed E-state index contributed by atoms with van der Waals surface area (Å²) in [6, 6.07) is 91.8. The molecule has 0 N–H and O–H groups in total. The van der Waals surface area contributed by atoms with E-state index in [0.29, 0.717) is 0 Å². The monoisotopic (exact) mass is 1010 g/mol. The van der Waals surface area contributed by atoms with E-state index in [9.17, 15) is 0 Å². The molecule has 0 amide bonds. The molecule has 1 aliphatic heterocycles. The summed E-state index contributed by atoms with van der Waals surface area (Å²) < 4.78 is 4.54. The summed E-state index contributed by atoms with van der Waals surface area (Å²) >= 11 is 1.82. The van der Waals surface area contributed by atoms with E-state index >= 15 is 0 Å². The van der Waals surface area contributed by atoms with E-state index in [1.165, 1.54) is 37.5 Å². The molecule has 4 heterocycles. The number of imidazole rings is 1. The number of benzene rings is 9. The topological polar surface area (TPSA) is 35.6 Å². The Balaban J connectivity index is 0.00000492. The molecule has 0 spiro atoms. The maximum absolute atomic E-state index is 5.49. The Morgan fingerprint density at radius 3 is 1.77 bits per heavy atom. The van der Waals surface area contributed by atoms with Gasteiger partial charge in [-0.3, -0.25) is 4.98 Å². The van der Waals surface area contributed by atoms with Crippen LogP contribution in [0.25, 0.3) is 50.0 Å². The van der Waals surface area contributed by atoms with Gasteiger partial charge in [-0.15, -0.1) is 41.1 Å². The molecule has 12 aromatic rings. The molecule has 4 nitrogen and oxygen atoms in total. The summed E-state index contributed by atoms with van der Waals surface area (Å²) in [5.41, 5.74) is 10.3. The number of aryl methyl sites for hydroxylation is 1. The minimum Gasteiger partial charge on any atom is -0.367 e. The molecule has 0 bridgehead atoms. The van der Waals surface area contributed by atoms with Crippen LogP contribution in [-0.2, 0) is 32.9 Å². The van der Waals surface area contributed by atoms with Crippen LogP contribution < -0.4 is 20.7 Å². The van der Waals surface area contributed by atoms with Gasteiger partial charge in [-0.05, 0) is 56.9 Å². The van der Waals surface area contributed by atoms with Crippen molar-refractivity contribution in [3.05, 3.63) is 271 Å². The van der Waals surface area contributed by atoms with E-state index in [1.54, 1.807) is 0 Å². The number of para-hydroxylation sites is 3. The van der Waals surface area contributed by atoms with Crippen LogP contribution >= 0.6 is 11.8 Å². The van der Waals surface area contributed by atoms with Crippen molar-refractivity contribution in [1.29, 1.82) is 0 Å². The average Bonchev–Trinajstić information content (AvgIpc) is 3.94. The van der Waals surface area contributed by atoms with Gasteiger partial charge in [0.2, 0.25) is 0 Å². The van der Waals surface area contributed by atoms with E-state index in [4.69, 9.17) is 9.97 Å². The van der Waals surface area contributed by atoms with Crippen LogP contribution in [0.5, 0.6) is 0 Å². The first-order valence-electron chi connectivity index (χ1n) is 23.1. The van der Waals surface area contributed by atoms with E-state index < -0.39 is 13.5 Å². The number of hydrogen-bond donors (Lipinski definition) is 0. The molecule has 0 radical (unpaired) electrons. The zero-order chi connectivity index (χ0) is 45.2.